The van der Waals surface area contributed by atoms with E-state index >= 15 is 0 Å². The first-order chi connectivity index (χ1) is 20.5. The Balaban J connectivity index is 0.000000207. The van der Waals surface area contributed by atoms with E-state index in [1.165, 1.54) is 36.0 Å². The third kappa shape index (κ3) is 12.3. The Labute approximate surface area is 256 Å². The van der Waals surface area contributed by atoms with Crippen LogP contribution in [0.25, 0.3) is 0 Å². The highest BCUT2D eigenvalue weighted by Crippen LogP contribution is 2.29. The Morgan fingerprint density at radius 1 is 0.907 bits per heavy atom. The molecule has 228 valence electrons. The summed E-state index contributed by atoms with van der Waals surface area (Å²) in [5.41, 5.74) is 3.77. The first-order valence-electron chi connectivity index (χ1n) is 13.8. The number of aryl methyl sites for hydroxylation is 2. The van der Waals surface area contributed by atoms with Crippen LogP contribution in [0.5, 0.6) is 11.5 Å². The van der Waals surface area contributed by atoms with Gasteiger partial charge in [0.05, 0.1) is 6.54 Å². The van der Waals surface area contributed by atoms with Crippen molar-refractivity contribution >= 4 is 22.7 Å². The number of halogens is 2. The topological polar surface area (TPSA) is 90.2 Å². The standard InChI is InChI=1S/C10H10FNOS.C10H12FNO.C8H10O.C6H6O/c1-7-6-14-10(13)12(7)9-4-2-8(11)3-5-9;1-2-8(7-12-13)9-3-5-10(11)6-4-9;1-6-3-4-7(2)8(9)5-6;7-6-4-2-1-3-5-6/h2-5,7H,6H2,1H3;3-6,8H,2,7H2,1H3;3-5,9H,1-2H3;1-5,7H. The maximum Gasteiger partial charge on any atom is 0.286 e. The molecule has 0 bridgehead atoms. The smallest absolute Gasteiger partial charge is 0.286 e. The molecule has 0 radical (unpaired) electrons. The molecule has 1 aliphatic rings. The monoisotopic (exact) mass is 608 g/mol. The summed E-state index contributed by atoms with van der Waals surface area (Å²) in [6.07, 6.45) is 0.845. The van der Waals surface area contributed by atoms with Crippen molar-refractivity contribution in [1.82, 2.24) is 0 Å². The van der Waals surface area contributed by atoms with Crippen LogP contribution in [0.3, 0.4) is 0 Å². The van der Waals surface area contributed by atoms with Crippen LogP contribution in [0.2, 0.25) is 0 Å². The number of para-hydroxylation sites is 1. The average molecular weight is 609 g/mol. The van der Waals surface area contributed by atoms with E-state index in [4.69, 9.17) is 10.2 Å². The van der Waals surface area contributed by atoms with Gasteiger partial charge in [-0.25, -0.2) is 8.78 Å². The zero-order valence-corrected chi connectivity index (χ0v) is 25.6. The second-order valence-electron chi connectivity index (χ2n) is 9.87. The molecule has 6 nitrogen and oxygen atoms in total. The molecule has 5 rings (SSSR count). The van der Waals surface area contributed by atoms with Crippen molar-refractivity contribution in [3.63, 3.8) is 0 Å². The van der Waals surface area contributed by atoms with Crippen LogP contribution in [0.4, 0.5) is 19.3 Å². The van der Waals surface area contributed by atoms with Crippen molar-refractivity contribution in [1.29, 1.82) is 0 Å². The van der Waals surface area contributed by atoms with Gasteiger partial charge >= 0.3 is 0 Å². The lowest BCUT2D eigenvalue weighted by atomic mass is 9.97. The molecule has 0 aromatic heterocycles. The number of thioether (sulfide) groups is 1. The van der Waals surface area contributed by atoms with E-state index in [-0.39, 0.29) is 35.4 Å². The van der Waals surface area contributed by atoms with Crippen LogP contribution in [0.1, 0.15) is 42.9 Å². The number of rotatable bonds is 5. The summed E-state index contributed by atoms with van der Waals surface area (Å²) < 4.78 is 25.2. The molecule has 1 heterocycles. The Bertz CT molecular complexity index is 1400. The van der Waals surface area contributed by atoms with Crippen LogP contribution < -0.4 is 4.90 Å². The molecule has 4 aromatic rings. The largest absolute Gasteiger partial charge is 0.508 e. The van der Waals surface area contributed by atoms with Crippen LogP contribution in [-0.2, 0) is 0 Å². The predicted octanol–water partition coefficient (Wildman–Crippen LogP) is 9.37. The fraction of sp³-hybridized carbons (Fsp3) is 0.265. The molecule has 0 aliphatic carbocycles. The van der Waals surface area contributed by atoms with Gasteiger partial charge in [-0.2, -0.15) is 4.91 Å². The number of carbonyl (C=O) groups is 1. The summed E-state index contributed by atoms with van der Waals surface area (Å²) in [4.78, 5) is 23.3. The lowest BCUT2D eigenvalue weighted by molar-refractivity contribution is 0.265. The summed E-state index contributed by atoms with van der Waals surface area (Å²) in [5, 5.41) is 20.6. The number of nitrogens with zero attached hydrogens (tertiary/aromatic N) is 2. The lowest BCUT2D eigenvalue weighted by Crippen LogP contribution is -2.30. The predicted molar refractivity (Wildman–Crippen MR) is 172 cm³/mol. The van der Waals surface area contributed by atoms with Crippen molar-refractivity contribution < 1.29 is 23.8 Å². The maximum atomic E-state index is 12.7. The van der Waals surface area contributed by atoms with Gasteiger partial charge in [0.2, 0.25) is 0 Å². The highest BCUT2D eigenvalue weighted by Gasteiger charge is 2.29. The Hall–Kier alpha value is -4.24. The van der Waals surface area contributed by atoms with Crippen molar-refractivity contribution in [3.8, 4) is 11.5 Å². The number of nitroso groups, excluding NO2 is 1. The summed E-state index contributed by atoms with van der Waals surface area (Å²) in [6, 6.07) is 26.8. The summed E-state index contributed by atoms with van der Waals surface area (Å²) in [6.45, 7) is 8.08. The molecular formula is C34H38F2N2O4S. The fourth-order valence-corrected chi connectivity index (χ4v) is 4.88. The van der Waals surface area contributed by atoms with Gasteiger partial charge in [0.15, 0.2) is 0 Å². The molecule has 1 saturated heterocycles. The number of phenols is 2. The van der Waals surface area contributed by atoms with Gasteiger partial charge in [0.25, 0.3) is 5.24 Å². The first-order valence-corrected chi connectivity index (χ1v) is 14.8. The molecule has 1 aliphatic heterocycles. The summed E-state index contributed by atoms with van der Waals surface area (Å²) in [7, 11) is 0. The van der Waals surface area contributed by atoms with Crippen LogP contribution in [0.15, 0.2) is 102 Å². The molecule has 1 amide bonds. The SMILES string of the molecule is CC1CSC(=O)N1c1ccc(F)cc1.CCC(CN=O)c1ccc(F)cc1.Cc1ccc(C)c(O)c1.Oc1ccccc1. The molecular weight excluding hydrogens is 570 g/mol. The van der Waals surface area contributed by atoms with Crippen LogP contribution >= 0.6 is 11.8 Å². The van der Waals surface area contributed by atoms with E-state index in [0.29, 0.717) is 11.5 Å². The minimum Gasteiger partial charge on any atom is -0.508 e. The molecule has 0 spiro atoms. The van der Waals surface area contributed by atoms with Crippen molar-refractivity contribution in [2.45, 2.75) is 46.1 Å². The van der Waals surface area contributed by atoms with Gasteiger partial charge in [-0.15, -0.1) is 0 Å². The number of carbonyl (C=O) groups excluding carboxylic acids is 1. The molecule has 0 saturated carbocycles. The zero-order valence-electron chi connectivity index (χ0n) is 24.8. The number of hydrogen-bond donors (Lipinski definition) is 2. The van der Waals surface area contributed by atoms with E-state index in [2.05, 4.69) is 5.18 Å². The summed E-state index contributed by atoms with van der Waals surface area (Å²) >= 11 is 1.31. The van der Waals surface area contributed by atoms with E-state index in [0.717, 1.165) is 34.6 Å². The Kier molecular flexibility index (Phi) is 14.9. The second kappa shape index (κ2) is 18.3. The number of aromatic hydroxyl groups is 2. The molecule has 43 heavy (non-hydrogen) atoms. The van der Waals surface area contributed by atoms with Crippen molar-refractivity contribution in [2.75, 3.05) is 17.2 Å². The van der Waals surface area contributed by atoms with Gasteiger partial charge in [-0.3, -0.25) is 9.69 Å². The van der Waals surface area contributed by atoms with Gasteiger partial charge in [0.1, 0.15) is 23.1 Å². The van der Waals surface area contributed by atoms with Gasteiger partial charge in [0, 0.05) is 23.4 Å². The number of hydrogen-bond acceptors (Lipinski definition) is 6. The van der Waals surface area contributed by atoms with Crippen molar-refractivity contribution in [3.05, 3.63) is 130 Å². The summed E-state index contributed by atoms with van der Waals surface area (Å²) in [5.74, 6) is 1.10. The maximum absolute atomic E-state index is 12.7. The minimum absolute atomic E-state index is 0.0455. The van der Waals surface area contributed by atoms with Crippen LogP contribution in [0, 0.1) is 30.4 Å². The fourth-order valence-electron chi connectivity index (χ4n) is 3.92. The number of benzene rings is 4. The average Bonchev–Trinajstić information content (AvgIpc) is 3.34. The molecule has 4 aromatic carbocycles. The lowest BCUT2D eigenvalue weighted by Gasteiger charge is -2.20. The molecule has 2 atom stereocenters. The van der Waals surface area contributed by atoms with Gasteiger partial charge in [-0.05, 0) is 98.5 Å². The Morgan fingerprint density at radius 2 is 1.49 bits per heavy atom. The third-order valence-corrected chi connectivity index (χ3v) is 7.53. The molecule has 2 N–H and O–H groups in total. The van der Waals surface area contributed by atoms with E-state index in [1.807, 2.05) is 45.9 Å². The quantitative estimate of drug-likeness (QED) is 0.220. The molecule has 1 fully saturated rings. The normalized spacial score (nSPS) is 14.2. The number of amides is 1. The van der Waals surface area contributed by atoms with E-state index in [1.54, 1.807) is 59.5 Å². The van der Waals surface area contributed by atoms with Gasteiger partial charge in [-0.1, -0.05) is 66.3 Å². The first kappa shape index (κ1) is 35.0. The Morgan fingerprint density at radius 3 is 1.91 bits per heavy atom. The number of anilines is 1. The third-order valence-electron chi connectivity index (χ3n) is 6.44. The zero-order chi connectivity index (χ0) is 31.8. The van der Waals surface area contributed by atoms with E-state index < -0.39 is 0 Å². The molecule has 9 heteroatoms. The minimum atomic E-state index is -0.277. The van der Waals surface area contributed by atoms with Crippen molar-refractivity contribution in [2.24, 2.45) is 5.18 Å². The second-order valence-corrected chi connectivity index (χ2v) is 10.8. The highest BCUT2D eigenvalue weighted by molar-refractivity contribution is 8.14. The van der Waals surface area contributed by atoms with E-state index in [9.17, 15) is 18.5 Å². The number of phenolic OH excluding ortho intramolecular Hbond substituents is 2. The highest BCUT2D eigenvalue weighted by atomic mass is 32.2. The van der Waals surface area contributed by atoms with Crippen LogP contribution in [-0.4, -0.2) is 33.8 Å². The molecule has 2 unspecified atom stereocenters. The van der Waals surface area contributed by atoms with Gasteiger partial charge < -0.3 is 10.2 Å².